The van der Waals surface area contributed by atoms with Crippen LogP contribution < -0.4 is 0 Å². The maximum absolute atomic E-state index is 13.1. The molecule has 3 rings (SSSR count). The topological polar surface area (TPSA) is 83.9 Å². The van der Waals surface area contributed by atoms with Gasteiger partial charge in [-0.2, -0.15) is 26.3 Å². The van der Waals surface area contributed by atoms with Crippen molar-refractivity contribution >= 4 is 35.0 Å². The highest BCUT2D eigenvalue weighted by molar-refractivity contribution is 8.18. The van der Waals surface area contributed by atoms with E-state index in [1.54, 1.807) is 6.92 Å². The molecule has 0 spiro atoms. The van der Waals surface area contributed by atoms with E-state index in [4.69, 9.17) is 4.74 Å². The van der Waals surface area contributed by atoms with Gasteiger partial charge in [0.2, 0.25) is 0 Å². The number of nitrogens with zero attached hydrogens (tertiary/aromatic N) is 1. The third-order valence-electron chi connectivity index (χ3n) is 4.68. The minimum absolute atomic E-state index is 0.0347. The van der Waals surface area contributed by atoms with Gasteiger partial charge in [0.1, 0.15) is 11.3 Å². The lowest BCUT2D eigenvalue weighted by molar-refractivity contribution is -0.143. The van der Waals surface area contributed by atoms with E-state index < -0.39 is 58.5 Å². The van der Waals surface area contributed by atoms with Crippen molar-refractivity contribution in [3.8, 4) is 5.75 Å². The number of carbonyl (C=O) groups is 3. The first-order valence-electron chi connectivity index (χ1n) is 9.74. The predicted molar refractivity (Wildman–Crippen MR) is 112 cm³/mol. The number of esters is 1. The van der Waals surface area contributed by atoms with Gasteiger partial charge in [-0.3, -0.25) is 14.5 Å². The van der Waals surface area contributed by atoms with Gasteiger partial charge >= 0.3 is 18.3 Å². The number of carbonyl (C=O) groups excluding carboxylic acids is 3. The minimum Gasteiger partial charge on any atom is -0.507 e. The number of aromatic hydroxyl groups is 1. The molecule has 2 aromatic carbocycles. The number of hydrogen-bond acceptors (Lipinski definition) is 6. The SMILES string of the molecule is CCOC(=O)c1cc(C=C2SC(=O)N(Cc3cc(C(F)(F)F)cc(C(F)(F)F)c3)C2=O)ccc1O. The molecule has 1 aliphatic rings. The fourth-order valence-corrected chi connectivity index (χ4v) is 3.93. The lowest BCUT2D eigenvalue weighted by Crippen LogP contribution is -2.28. The van der Waals surface area contributed by atoms with Gasteiger partial charge in [-0.25, -0.2) is 4.79 Å². The van der Waals surface area contributed by atoms with Crippen LogP contribution in [0.25, 0.3) is 6.08 Å². The van der Waals surface area contributed by atoms with Crippen LogP contribution in [-0.4, -0.2) is 33.7 Å². The number of phenolic OH excluding ortho intramolecular Hbond substituents is 1. The molecular weight excluding hydrogens is 504 g/mol. The molecule has 1 fully saturated rings. The van der Waals surface area contributed by atoms with E-state index in [1.807, 2.05) is 0 Å². The molecule has 0 saturated carbocycles. The maximum Gasteiger partial charge on any atom is 0.416 e. The van der Waals surface area contributed by atoms with Gasteiger partial charge in [0, 0.05) is 0 Å². The molecule has 1 saturated heterocycles. The summed E-state index contributed by atoms with van der Waals surface area (Å²) in [6, 6.07) is 4.51. The Labute approximate surface area is 198 Å². The number of thioether (sulfide) groups is 1. The Morgan fingerprint density at radius 1 is 1.03 bits per heavy atom. The molecule has 1 heterocycles. The molecular formula is C22H15F6NO5S. The van der Waals surface area contributed by atoms with Crippen LogP contribution in [0.3, 0.4) is 0 Å². The number of hydrogen-bond donors (Lipinski definition) is 1. The van der Waals surface area contributed by atoms with E-state index in [-0.39, 0.29) is 28.7 Å². The maximum atomic E-state index is 13.1. The van der Waals surface area contributed by atoms with Crippen LogP contribution >= 0.6 is 11.8 Å². The lowest BCUT2D eigenvalue weighted by atomic mass is 10.0. The average Bonchev–Trinajstić information content (AvgIpc) is 3.01. The van der Waals surface area contributed by atoms with Crippen LogP contribution in [0.1, 0.15) is 39.5 Å². The largest absolute Gasteiger partial charge is 0.507 e. The molecule has 0 aromatic heterocycles. The number of rotatable bonds is 5. The Morgan fingerprint density at radius 3 is 2.17 bits per heavy atom. The van der Waals surface area contributed by atoms with Crippen LogP contribution in [0.2, 0.25) is 0 Å². The molecule has 0 radical (unpaired) electrons. The second-order valence-electron chi connectivity index (χ2n) is 7.18. The molecule has 0 bridgehead atoms. The summed E-state index contributed by atoms with van der Waals surface area (Å²) in [5.74, 6) is -2.17. The highest BCUT2D eigenvalue weighted by Crippen LogP contribution is 2.38. The third-order valence-corrected chi connectivity index (χ3v) is 5.58. The normalized spacial score (nSPS) is 15.7. The average molecular weight is 519 g/mol. The summed E-state index contributed by atoms with van der Waals surface area (Å²) in [5, 5.41) is 8.93. The zero-order valence-electron chi connectivity index (χ0n) is 17.7. The molecule has 13 heteroatoms. The summed E-state index contributed by atoms with van der Waals surface area (Å²) in [7, 11) is 0. The molecule has 1 aliphatic heterocycles. The van der Waals surface area contributed by atoms with E-state index in [9.17, 15) is 45.8 Å². The van der Waals surface area contributed by atoms with Crippen molar-refractivity contribution in [2.24, 2.45) is 0 Å². The van der Waals surface area contributed by atoms with Crippen molar-refractivity contribution < 1.29 is 50.6 Å². The van der Waals surface area contributed by atoms with Gasteiger partial charge in [-0.1, -0.05) is 6.07 Å². The molecule has 2 aromatic rings. The van der Waals surface area contributed by atoms with Crippen LogP contribution in [0.4, 0.5) is 31.1 Å². The Balaban J connectivity index is 1.91. The van der Waals surface area contributed by atoms with Crippen LogP contribution in [0.5, 0.6) is 5.75 Å². The Bertz CT molecular complexity index is 1190. The summed E-state index contributed by atoms with van der Waals surface area (Å²) in [6.45, 7) is 0.766. The number of alkyl halides is 6. The van der Waals surface area contributed by atoms with Crippen molar-refractivity contribution in [3.63, 3.8) is 0 Å². The molecule has 1 N–H and O–H groups in total. The van der Waals surface area contributed by atoms with Crippen molar-refractivity contribution in [3.05, 3.63) is 69.1 Å². The number of imide groups is 1. The monoisotopic (exact) mass is 519 g/mol. The number of benzene rings is 2. The van der Waals surface area contributed by atoms with E-state index in [1.165, 1.54) is 18.2 Å². The van der Waals surface area contributed by atoms with Gasteiger partial charge in [-0.15, -0.1) is 0 Å². The fourth-order valence-electron chi connectivity index (χ4n) is 3.10. The van der Waals surface area contributed by atoms with Crippen molar-refractivity contribution in [1.29, 1.82) is 0 Å². The molecule has 35 heavy (non-hydrogen) atoms. The standard InChI is InChI=1S/C22H15F6NO5S/c1-2-34-19(32)15-7-11(3-4-16(15)30)8-17-18(31)29(20(33)35-17)10-12-5-13(21(23,24)25)9-14(6-12)22(26,27)28/h3-9,30H,2,10H2,1H3. The minimum atomic E-state index is -5.08. The molecule has 0 aliphatic carbocycles. The number of amides is 2. The fraction of sp³-hybridized carbons (Fsp3) is 0.227. The predicted octanol–water partition coefficient (Wildman–Crippen LogP) is 5.84. The highest BCUT2D eigenvalue weighted by Gasteiger charge is 2.39. The third kappa shape index (κ3) is 5.96. The van der Waals surface area contributed by atoms with E-state index in [0.29, 0.717) is 28.8 Å². The first kappa shape index (κ1) is 26.1. The number of ether oxygens (including phenoxy) is 1. The summed E-state index contributed by atoms with van der Waals surface area (Å²) in [6.07, 6.45) is -8.96. The van der Waals surface area contributed by atoms with Crippen molar-refractivity contribution in [2.75, 3.05) is 6.61 Å². The van der Waals surface area contributed by atoms with Crippen LogP contribution in [0.15, 0.2) is 41.3 Å². The van der Waals surface area contributed by atoms with Gasteiger partial charge < -0.3 is 9.84 Å². The molecule has 0 unspecified atom stereocenters. The van der Waals surface area contributed by atoms with Gasteiger partial charge in [0.05, 0.1) is 29.2 Å². The first-order chi connectivity index (χ1) is 16.2. The second kappa shape index (κ2) is 9.64. The zero-order chi connectivity index (χ0) is 26.1. The molecule has 2 amide bonds. The lowest BCUT2D eigenvalue weighted by Gasteiger charge is -2.17. The Kier molecular flexibility index (Phi) is 7.20. The van der Waals surface area contributed by atoms with Gasteiger partial charge in [-0.05, 0) is 66.2 Å². The van der Waals surface area contributed by atoms with Crippen molar-refractivity contribution in [2.45, 2.75) is 25.8 Å². The summed E-state index contributed by atoms with van der Waals surface area (Å²) < 4.78 is 83.4. The smallest absolute Gasteiger partial charge is 0.416 e. The molecule has 186 valence electrons. The van der Waals surface area contributed by atoms with Crippen molar-refractivity contribution in [1.82, 2.24) is 4.90 Å². The van der Waals surface area contributed by atoms with E-state index in [2.05, 4.69) is 0 Å². The highest BCUT2D eigenvalue weighted by atomic mass is 32.2. The van der Waals surface area contributed by atoms with Gasteiger partial charge in [0.15, 0.2) is 0 Å². The summed E-state index contributed by atoms with van der Waals surface area (Å²) in [4.78, 5) is 37.3. The quantitative estimate of drug-likeness (QED) is 0.304. The molecule has 6 nitrogen and oxygen atoms in total. The second-order valence-corrected chi connectivity index (χ2v) is 8.17. The van der Waals surface area contributed by atoms with Crippen LogP contribution in [0, 0.1) is 0 Å². The summed E-state index contributed by atoms with van der Waals surface area (Å²) in [5.41, 5.74) is -3.66. The van der Waals surface area contributed by atoms with E-state index in [0.717, 1.165) is 6.07 Å². The number of halogens is 6. The Hall–Kier alpha value is -3.48. The molecule has 0 atom stereocenters. The van der Waals surface area contributed by atoms with Crippen LogP contribution in [-0.2, 0) is 28.4 Å². The summed E-state index contributed by atoms with van der Waals surface area (Å²) >= 11 is 0.419. The van der Waals surface area contributed by atoms with Gasteiger partial charge in [0.25, 0.3) is 11.1 Å². The Morgan fingerprint density at radius 2 is 1.63 bits per heavy atom. The zero-order valence-corrected chi connectivity index (χ0v) is 18.5. The number of phenols is 1. The van der Waals surface area contributed by atoms with E-state index >= 15 is 0 Å². The first-order valence-corrected chi connectivity index (χ1v) is 10.6.